The summed E-state index contributed by atoms with van der Waals surface area (Å²) in [5.74, 6) is -0.712. The van der Waals surface area contributed by atoms with Crippen molar-refractivity contribution < 1.29 is 34.4 Å². The maximum absolute atomic E-state index is 12.9. The number of Topliss-reactive ketones (excluding diaryl/α,β-unsaturated/α-hetero) is 1. The van der Waals surface area contributed by atoms with Gasteiger partial charge in [0, 0.05) is 30.3 Å². The van der Waals surface area contributed by atoms with Crippen LogP contribution in [0.1, 0.15) is 60.3 Å². The van der Waals surface area contributed by atoms with Gasteiger partial charge in [-0.2, -0.15) is 0 Å². The number of ketones is 2. The van der Waals surface area contributed by atoms with Crippen molar-refractivity contribution in [2.24, 2.45) is 34.5 Å². The van der Waals surface area contributed by atoms with Gasteiger partial charge in [0.15, 0.2) is 12.4 Å². The third kappa shape index (κ3) is 4.30. The summed E-state index contributed by atoms with van der Waals surface area (Å²) < 4.78 is 4.89. The minimum absolute atomic E-state index is 0. The van der Waals surface area contributed by atoms with E-state index in [1.54, 1.807) is 19.1 Å². The van der Waals surface area contributed by atoms with Crippen LogP contribution in [0.5, 0.6) is 0 Å². The van der Waals surface area contributed by atoms with E-state index < -0.39 is 40.9 Å². The van der Waals surface area contributed by atoms with Crippen LogP contribution < -0.4 is 6.15 Å². The lowest BCUT2D eigenvalue weighted by molar-refractivity contribution is -0.182. The molecule has 0 bridgehead atoms. The topological polar surface area (TPSA) is 156 Å². The molecule has 4 rings (SSSR count). The molecule has 192 valence electrons. The summed E-state index contributed by atoms with van der Waals surface area (Å²) in [6.45, 7) is 8.87. The summed E-state index contributed by atoms with van der Waals surface area (Å²) >= 11 is 0. The van der Waals surface area contributed by atoms with Gasteiger partial charge >= 0.3 is 5.97 Å². The van der Waals surface area contributed by atoms with Gasteiger partial charge in [-0.05, 0) is 62.5 Å². The molecule has 6 N–H and O–H groups in total. The normalized spacial score (nSPS) is 42.1. The van der Waals surface area contributed by atoms with E-state index in [2.05, 4.69) is 13.8 Å². The number of rotatable bonds is 3. The fraction of sp³-hybridized carbons (Fsp3) is 0.731. The fourth-order valence-corrected chi connectivity index (χ4v) is 7.50. The number of aliphatic hydroxyl groups excluding tert-OH is 2. The van der Waals surface area contributed by atoms with Crippen LogP contribution in [0.2, 0.25) is 0 Å². The van der Waals surface area contributed by atoms with Crippen LogP contribution in [-0.2, 0) is 19.1 Å². The van der Waals surface area contributed by atoms with Gasteiger partial charge in [-0.25, -0.2) is 0 Å². The van der Waals surface area contributed by atoms with Gasteiger partial charge in [-0.15, -0.1) is 0 Å². The minimum Gasteiger partial charge on any atom is -0.458 e. The fourth-order valence-electron chi connectivity index (χ4n) is 7.50. The molecule has 0 unspecified atom stereocenters. The van der Waals surface area contributed by atoms with Crippen LogP contribution in [0.25, 0.3) is 0 Å². The summed E-state index contributed by atoms with van der Waals surface area (Å²) in [6.07, 6.45) is 6.71. The number of carbonyl (C=O) groups excluding carboxylic acids is 3. The Balaban J connectivity index is 0.000000970. The second-order valence-electron chi connectivity index (χ2n) is 10.7. The van der Waals surface area contributed by atoms with Gasteiger partial charge in [0.05, 0.1) is 6.10 Å². The van der Waals surface area contributed by atoms with Crippen molar-refractivity contribution in [3.63, 3.8) is 0 Å². The number of aliphatic hydroxyl groups is 3. The van der Waals surface area contributed by atoms with Gasteiger partial charge in [-0.3, -0.25) is 14.4 Å². The third-order valence-corrected chi connectivity index (χ3v) is 8.84. The van der Waals surface area contributed by atoms with E-state index in [0.29, 0.717) is 19.3 Å². The highest BCUT2D eigenvalue weighted by Gasteiger charge is 2.68. The number of allylic oxidation sites excluding steroid dienone is 4. The summed E-state index contributed by atoms with van der Waals surface area (Å²) in [5, 5.41) is 30.4. The van der Waals surface area contributed by atoms with E-state index >= 15 is 0 Å². The van der Waals surface area contributed by atoms with Crippen molar-refractivity contribution in [2.75, 3.05) is 13.2 Å². The van der Waals surface area contributed by atoms with Crippen molar-refractivity contribution in [1.29, 1.82) is 0 Å². The van der Waals surface area contributed by atoms with Crippen LogP contribution in [0.15, 0.2) is 23.8 Å². The van der Waals surface area contributed by atoms with Crippen LogP contribution in [0.3, 0.4) is 0 Å². The Kier molecular flexibility index (Phi) is 8.35. The van der Waals surface area contributed by atoms with Crippen LogP contribution >= 0.6 is 0 Å². The first kappa shape index (κ1) is 28.4. The lowest BCUT2D eigenvalue weighted by atomic mass is 9.45. The highest BCUT2D eigenvalue weighted by Crippen LogP contribution is 2.67. The summed E-state index contributed by atoms with van der Waals surface area (Å²) in [6, 6.07) is 0. The molecule has 3 fully saturated rings. The quantitative estimate of drug-likeness (QED) is 0.450. The summed E-state index contributed by atoms with van der Waals surface area (Å²) in [5.41, 5.74) is -1.72. The minimum atomic E-state index is -1.61. The maximum Gasteiger partial charge on any atom is 0.303 e. The molecule has 0 spiro atoms. The predicted octanol–water partition coefficient (Wildman–Crippen LogP) is 2.53. The van der Waals surface area contributed by atoms with E-state index in [1.807, 2.05) is 13.0 Å². The molecule has 8 heteroatoms. The molecular formula is C26H41NO7. The van der Waals surface area contributed by atoms with Gasteiger partial charge in [-0.1, -0.05) is 32.4 Å². The van der Waals surface area contributed by atoms with E-state index in [4.69, 9.17) is 9.84 Å². The maximum atomic E-state index is 12.9. The lowest BCUT2D eigenvalue weighted by Gasteiger charge is -2.60. The van der Waals surface area contributed by atoms with Crippen LogP contribution in [-0.4, -0.2) is 57.8 Å². The van der Waals surface area contributed by atoms with E-state index in [1.165, 1.54) is 6.92 Å². The van der Waals surface area contributed by atoms with Crippen molar-refractivity contribution >= 4 is 17.5 Å². The Bertz CT molecular complexity index is 882. The number of fused-ring (bicyclic) bond motifs is 5. The Hall–Kier alpha value is -1.87. The molecule has 4 aliphatic rings. The molecule has 8 atom stereocenters. The zero-order valence-electron chi connectivity index (χ0n) is 21.0. The monoisotopic (exact) mass is 479 g/mol. The molecule has 8 nitrogen and oxygen atoms in total. The Labute approximate surface area is 202 Å². The molecule has 0 aromatic rings. The molecule has 0 amide bonds. The number of carbonyl (C=O) groups is 3. The average molecular weight is 480 g/mol. The highest BCUT2D eigenvalue weighted by atomic mass is 16.5. The molecule has 4 aliphatic carbocycles. The van der Waals surface area contributed by atoms with Crippen molar-refractivity contribution in [3.05, 3.63) is 23.8 Å². The van der Waals surface area contributed by atoms with Gasteiger partial charge < -0.3 is 26.2 Å². The number of hydrogen-bond acceptors (Lipinski definition) is 8. The zero-order chi connectivity index (χ0) is 24.8. The lowest BCUT2D eigenvalue weighted by Crippen LogP contribution is -2.62. The molecule has 34 heavy (non-hydrogen) atoms. The second-order valence-corrected chi connectivity index (χ2v) is 10.7. The van der Waals surface area contributed by atoms with Crippen molar-refractivity contribution in [1.82, 2.24) is 6.15 Å². The summed E-state index contributed by atoms with van der Waals surface area (Å²) in [4.78, 5) is 36.1. The van der Waals surface area contributed by atoms with E-state index in [0.717, 1.165) is 12.0 Å². The number of esters is 1. The predicted molar refractivity (Wildman–Crippen MR) is 127 cm³/mol. The second kappa shape index (κ2) is 10.0. The van der Waals surface area contributed by atoms with Crippen molar-refractivity contribution in [3.8, 4) is 0 Å². The molecular weight excluding hydrogens is 438 g/mol. The molecule has 0 aliphatic heterocycles. The Morgan fingerprint density at radius 2 is 1.88 bits per heavy atom. The number of ether oxygens (including phenoxy) is 1. The zero-order valence-corrected chi connectivity index (χ0v) is 21.0. The Morgan fingerprint density at radius 3 is 2.47 bits per heavy atom. The first-order valence-corrected chi connectivity index (χ1v) is 12.0. The molecule has 0 radical (unpaired) electrons. The molecule has 0 aromatic heterocycles. The average Bonchev–Trinajstić information content (AvgIpc) is 2.99. The number of hydrogen-bond donors (Lipinski definition) is 4. The molecule has 0 aromatic carbocycles. The van der Waals surface area contributed by atoms with E-state index in [9.17, 15) is 24.6 Å². The highest BCUT2D eigenvalue weighted by molar-refractivity contribution is 6.01. The van der Waals surface area contributed by atoms with Crippen molar-refractivity contribution in [2.45, 2.75) is 72.0 Å². The van der Waals surface area contributed by atoms with Gasteiger partial charge in [0.2, 0.25) is 5.78 Å². The van der Waals surface area contributed by atoms with Crippen LogP contribution in [0, 0.1) is 34.5 Å². The largest absolute Gasteiger partial charge is 0.458 e. The van der Waals surface area contributed by atoms with Gasteiger partial charge in [0.1, 0.15) is 5.60 Å². The van der Waals surface area contributed by atoms with Gasteiger partial charge in [0.25, 0.3) is 0 Å². The molecule has 0 heterocycles. The van der Waals surface area contributed by atoms with E-state index in [-0.39, 0.29) is 42.2 Å². The first-order chi connectivity index (χ1) is 15.4. The van der Waals surface area contributed by atoms with Crippen LogP contribution in [0.4, 0.5) is 0 Å². The summed E-state index contributed by atoms with van der Waals surface area (Å²) in [7, 11) is 0. The Morgan fingerprint density at radius 1 is 1.26 bits per heavy atom. The smallest absolute Gasteiger partial charge is 0.303 e. The molecule has 0 saturated heterocycles. The molecule has 3 saturated carbocycles. The third-order valence-electron chi connectivity index (χ3n) is 8.84. The first-order valence-electron chi connectivity index (χ1n) is 12.0. The SMILES string of the molecule is CC(=O)OCC(=O)[C@@]1(O)CC[C@H]2[C@@H]3C[C@H](C)C4=CC(=O)C=C[C@]4(C)[C@H]3[C@@H](O)C[C@@]21C.CCO.N. The standard InChI is InChI=1S/C24H32O6.C2H6O.H3N/c1-13-9-16-17-6-8-24(29,20(28)12-30-14(2)25)23(17,4)11-19(27)21(16)22(3)7-5-15(26)10-18(13)22;1-2-3;/h5,7,10,13,16-17,19,21,27,29H,6,8-9,11-12H2,1-4H3;3H,2H2,1H3;1H3/t13-,16-,17-,19-,21+,22-,23-,24-;;/m0../s1.